The molecule has 1 heterocycles. The standard InChI is InChI=1S/C30H44N2/c1-2-3-4-5-6-7-8-9-10-11-12-13-14-16-21-27-22-23-28-29(24-27)32-30(31-28)25-26-19-17-15-18-20-26/h15,17-20,22-24H,2-14,16,21,25H2,1H3,(H,31,32). The third kappa shape index (κ3) is 9.18. The molecule has 174 valence electrons. The van der Waals surface area contributed by atoms with Crippen LogP contribution in [0.25, 0.3) is 11.0 Å². The van der Waals surface area contributed by atoms with Crippen molar-refractivity contribution in [3.8, 4) is 0 Å². The van der Waals surface area contributed by atoms with Gasteiger partial charge in [-0.15, -0.1) is 0 Å². The normalized spacial score (nSPS) is 11.4. The summed E-state index contributed by atoms with van der Waals surface area (Å²) in [5.41, 5.74) is 5.00. The lowest BCUT2D eigenvalue weighted by Crippen LogP contribution is -1.89. The van der Waals surface area contributed by atoms with Crippen molar-refractivity contribution in [1.82, 2.24) is 9.97 Å². The highest BCUT2D eigenvalue weighted by Crippen LogP contribution is 2.18. The molecule has 0 aliphatic carbocycles. The van der Waals surface area contributed by atoms with Gasteiger partial charge in [0.1, 0.15) is 5.82 Å². The van der Waals surface area contributed by atoms with Crippen LogP contribution in [0.2, 0.25) is 0 Å². The molecule has 2 heteroatoms. The van der Waals surface area contributed by atoms with Crippen LogP contribution < -0.4 is 0 Å². The number of H-pyrrole nitrogens is 1. The van der Waals surface area contributed by atoms with Crippen LogP contribution in [0, 0.1) is 0 Å². The van der Waals surface area contributed by atoms with Gasteiger partial charge in [0.05, 0.1) is 11.0 Å². The van der Waals surface area contributed by atoms with Gasteiger partial charge in [0.25, 0.3) is 0 Å². The van der Waals surface area contributed by atoms with Crippen molar-refractivity contribution in [1.29, 1.82) is 0 Å². The van der Waals surface area contributed by atoms with E-state index in [0.717, 1.165) is 17.8 Å². The quantitative estimate of drug-likeness (QED) is 0.212. The van der Waals surface area contributed by atoms with E-state index in [2.05, 4.69) is 60.4 Å². The van der Waals surface area contributed by atoms with Crippen molar-refractivity contribution in [2.75, 3.05) is 0 Å². The van der Waals surface area contributed by atoms with Gasteiger partial charge in [0.15, 0.2) is 0 Å². The third-order valence-electron chi connectivity index (χ3n) is 6.63. The largest absolute Gasteiger partial charge is 0.342 e. The zero-order valence-electron chi connectivity index (χ0n) is 20.4. The Labute approximate surface area is 196 Å². The van der Waals surface area contributed by atoms with Gasteiger partial charge in [-0.05, 0) is 36.1 Å². The molecule has 0 radical (unpaired) electrons. The Morgan fingerprint density at radius 3 is 1.84 bits per heavy atom. The number of aryl methyl sites for hydroxylation is 1. The number of rotatable bonds is 17. The van der Waals surface area contributed by atoms with Gasteiger partial charge >= 0.3 is 0 Å². The van der Waals surface area contributed by atoms with Crippen LogP contribution >= 0.6 is 0 Å². The van der Waals surface area contributed by atoms with E-state index in [1.807, 2.05) is 0 Å². The monoisotopic (exact) mass is 432 g/mol. The van der Waals surface area contributed by atoms with Gasteiger partial charge in [0, 0.05) is 6.42 Å². The number of hydrogen-bond donors (Lipinski definition) is 1. The highest BCUT2D eigenvalue weighted by molar-refractivity contribution is 5.76. The summed E-state index contributed by atoms with van der Waals surface area (Å²) in [5, 5.41) is 0. The Morgan fingerprint density at radius 1 is 0.625 bits per heavy atom. The van der Waals surface area contributed by atoms with Crippen LogP contribution in [-0.4, -0.2) is 9.97 Å². The number of imidazole rings is 1. The van der Waals surface area contributed by atoms with Gasteiger partial charge < -0.3 is 4.98 Å². The summed E-state index contributed by atoms with van der Waals surface area (Å²) in [7, 11) is 0. The predicted molar refractivity (Wildman–Crippen MR) is 139 cm³/mol. The summed E-state index contributed by atoms with van der Waals surface area (Å²) in [6.45, 7) is 2.29. The van der Waals surface area contributed by atoms with Crippen LogP contribution in [0.15, 0.2) is 48.5 Å². The number of aromatic nitrogens is 2. The van der Waals surface area contributed by atoms with Crippen molar-refractivity contribution in [2.45, 2.75) is 110 Å². The topological polar surface area (TPSA) is 28.7 Å². The molecular formula is C30H44N2. The Bertz CT molecular complexity index is 865. The summed E-state index contributed by atoms with van der Waals surface area (Å²) in [6.07, 6.45) is 21.9. The minimum absolute atomic E-state index is 0.865. The molecule has 0 amide bonds. The maximum Gasteiger partial charge on any atom is 0.111 e. The average Bonchev–Trinajstić information content (AvgIpc) is 3.21. The van der Waals surface area contributed by atoms with E-state index < -0.39 is 0 Å². The first-order valence-corrected chi connectivity index (χ1v) is 13.4. The maximum atomic E-state index is 4.77. The highest BCUT2D eigenvalue weighted by atomic mass is 14.9. The predicted octanol–water partition coefficient (Wildman–Crippen LogP) is 9.18. The second-order valence-electron chi connectivity index (χ2n) is 9.54. The number of fused-ring (bicyclic) bond motifs is 1. The summed E-state index contributed by atoms with van der Waals surface area (Å²) in [6, 6.07) is 17.3. The molecule has 0 aliphatic rings. The minimum atomic E-state index is 0.865. The lowest BCUT2D eigenvalue weighted by Gasteiger charge is -2.04. The van der Waals surface area contributed by atoms with Crippen LogP contribution in [0.1, 0.15) is 114 Å². The SMILES string of the molecule is CCCCCCCCCCCCCCCCc1ccc2nc(Cc3ccccc3)[nH]c2c1. The Balaban J connectivity index is 1.23. The molecule has 2 aromatic carbocycles. The second kappa shape index (κ2) is 14.9. The fraction of sp³-hybridized carbons (Fsp3) is 0.567. The van der Waals surface area contributed by atoms with E-state index >= 15 is 0 Å². The maximum absolute atomic E-state index is 4.77. The first-order chi connectivity index (χ1) is 15.8. The summed E-state index contributed by atoms with van der Waals surface area (Å²) >= 11 is 0. The van der Waals surface area contributed by atoms with Gasteiger partial charge in [-0.1, -0.05) is 127 Å². The van der Waals surface area contributed by atoms with E-state index in [1.54, 1.807) is 0 Å². The molecule has 1 N–H and O–H groups in total. The first kappa shape index (κ1) is 24.6. The minimum Gasteiger partial charge on any atom is -0.342 e. The molecular weight excluding hydrogens is 388 g/mol. The van der Waals surface area contributed by atoms with E-state index in [4.69, 9.17) is 4.98 Å². The van der Waals surface area contributed by atoms with Gasteiger partial charge in [-0.3, -0.25) is 0 Å². The second-order valence-corrected chi connectivity index (χ2v) is 9.54. The molecule has 0 saturated heterocycles. The zero-order valence-corrected chi connectivity index (χ0v) is 20.4. The molecule has 3 rings (SSSR count). The molecule has 0 atom stereocenters. The summed E-state index contributed by atoms with van der Waals surface area (Å²) < 4.78 is 0. The highest BCUT2D eigenvalue weighted by Gasteiger charge is 2.05. The Kier molecular flexibility index (Phi) is 11.4. The summed E-state index contributed by atoms with van der Waals surface area (Å²) in [4.78, 5) is 8.29. The van der Waals surface area contributed by atoms with Gasteiger partial charge in [-0.2, -0.15) is 0 Å². The molecule has 0 aliphatic heterocycles. The van der Waals surface area contributed by atoms with E-state index in [1.165, 1.54) is 113 Å². The van der Waals surface area contributed by atoms with Crippen molar-refractivity contribution in [3.63, 3.8) is 0 Å². The number of nitrogens with zero attached hydrogens (tertiary/aromatic N) is 1. The van der Waals surface area contributed by atoms with Gasteiger partial charge in [0.2, 0.25) is 0 Å². The molecule has 0 unspecified atom stereocenters. The summed E-state index contributed by atoms with van der Waals surface area (Å²) in [5.74, 6) is 1.06. The van der Waals surface area contributed by atoms with Crippen molar-refractivity contribution >= 4 is 11.0 Å². The van der Waals surface area contributed by atoms with E-state index in [-0.39, 0.29) is 0 Å². The zero-order chi connectivity index (χ0) is 22.3. The van der Waals surface area contributed by atoms with Crippen molar-refractivity contribution < 1.29 is 0 Å². The van der Waals surface area contributed by atoms with Crippen LogP contribution in [0.5, 0.6) is 0 Å². The molecule has 0 fully saturated rings. The molecule has 0 saturated carbocycles. The number of aromatic amines is 1. The third-order valence-corrected chi connectivity index (χ3v) is 6.63. The Hall–Kier alpha value is -2.09. The van der Waals surface area contributed by atoms with Crippen LogP contribution in [0.4, 0.5) is 0 Å². The number of hydrogen-bond acceptors (Lipinski definition) is 1. The number of unbranched alkanes of at least 4 members (excludes halogenated alkanes) is 13. The molecule has 2 nitrogen and oxygen atoms in total. The lowest BCUT2D eigenvalue weighted by molar-refractivity contribution is 0.535. The molecule has 0 spiro atoms. The molecule has 0 bridgehead atoms. The Morgan fingerprint density at radius 2 is 1.22 bits per heavy atom. The van der Waals surface area contributed by atoms with Gasteiger partial charge in [-0.25, -0.2) is 4.98 Å². The van der Waals surface area contributed by atoms with Crippen molar-refractivity contribution in [3.05, 3.63) is 65.5 Å². The van der Waals surface area contributed by atoms with E-state index in [9.17, 15) is 0 Å². The molecule has 3 aromatic rings. The fourth-order valence-electron chi connectivity index (χ4n) is 4.66. The van der Waals surface area contributed by atoms with Crippen molar-refractivity contribution in [2.24, 2.45) is 0 Å². The molecule has 32 heavy (non-hydrogen) atoms. The first-order valence-electron chi connectivity index (χ1n) is 13.4. The smallest absolute Gasteiger partial charge is 0.111 e. The lowest BCUT2D eigenvalue weighted by atomic mass is 10.0. The fourth-order valence-corrected chi connectivity index (χ4v) is 4.66. The van der Waals surface area contributed by atoms with Crippen LogP contribution in [0.3, 0.4) is 0 Å². The average molecular weight is 433 g/mol. The molecule has 1 aromatic heterocycles. The van der Waals surface area contributed by atoms with E-state index in [0.29, 0.717) is 0 Å². The number of benzene rings is 2. The number of nitrogens with one attached hydrogen (secondary N) is 1. The van der Waals surface area contributed by atoms with Crippen LogP contribution in [-0.2, 0) is 12.8 Å².